The number of nitrogens with zero attached hydrogens (tertiary/aromatic N) is 2. The van der Waals surface area contributed by atoms with Crippen LogP contribution in [0.4, 0.5) is 8.78 Å². The molecule has 32 heavy (non-hydrogen) atoms. The first kappa shape index (κ1) is 22.2. The molecular weight excluding hydrogens is 440 g/mol. The molecule has 0 atom stereocenters. The summed E-state index contributed by atoms with van der Waals surface area (Å²) < 4.78 is 54.7. The maximum absolute atomic E-state index is 12.8. The molecule has 1 saturated heterocycles. The summed E-state index contributed by atoms with van der Waals surface area (Å²) in [7, 11) is -3.10. The molecule has 0 unspecified atom stereocenters. The minimum atomic E-state index is -3.10. The first-order valence-corrected chi connectivity index (χ1v) is 11.9. The van der Waals surface area contributed by atoms with Crippen LogP contribution in [0.5, 0.6) is 5.75 Å². The van der Waals surface area contributed by atoms with E-state index in [1.165, 1.54) is 18.3 Å². The number of nitrogens with one attached hydrogen (secondary N) is 1. The molecule has 2 aromatic heterocycles. The summed E-state index contributed by atoms with van der Waals surface area (Å²) in [6.07, 6.45) is 3.30. The van der Waals surface area contributed by atoms with Crippen LogP contribution in [0, 0.1) is 0 Å². The number of hydrogen-bond donors (Lipinski definition) is 1. The van der Waals surface area contributed by atoms with Crippen LogP contribution in [0.2, 0.25) is 0 Å². The molecule has 0 saturated carbocycles. The summed E-state index contributed by atoms with van der Waals surface area (Å²) in [5, 5.41) is 2.79. The summed E-state index contributed by atoms with van der Waals surface area (Å²) in [5.41, 5.74) is 2.21. The van der Waals surface area contributed by atoms with E-state index in [2.05, 4.69) is 15.0 Å². The lowest BCUT2D eigenvalue weighted by molar-refractivity contribution is -0.0498. The van der Waals surface area contributed by atoms with Gasteiger partial charge in [-0.05, 0) is 44.5 Å². The number of fused-ring (bicyclic) bond motifs is 1. The van der Waals surface area contributed by atoms with E-state index in [0.717, 1.165) is 5.56 Å². The third kappa shape index (κ3) is 4.32. The molecule has 1 aliphatic heterocycles. The fourth-order valence-corrected chi connectivity index (χ4v) is 6.08. The number of rotatable bonds is 6. The second kappa shape index (κ2) is 7.84. The number of amides is 1. The van der Waals surface area contributed by atoms with E-state index < -0.39 is 27.9 Å². The standard InChI is InChI=1S/C22H23F2N3O4S/c1-13(2)27-10-17(14-5-4-6-16(7-14)31-21(23)24)19-18(27)8-15(9-25-19)20(28)26-22(3)11-32(29,30)12-22/h4-10,13,21H,11-12H2,1-3H3,(H,26,28). The molecule has 3 heterocycles. The van der Waals surface area contributed by atoms with Crippen molar-refractivity contribution in [3.63, 3.8) is 0 Å². The zero-order chi connectivity index (χ0) is 23.3. The van der Waals surface area contributed by atoms with E-state index in [1.54, 1.807) is 25.1 Å². The summed E-state index contributed by atoms with van der Waals surface area (Å²) in [6.45, 7) is 2.73. The van der Waals surface area contributed by atoms with Crippen LogP contribution < -0.4 is 10.1 Å². The molecule has 0 spiro atoms. The number of hydrogen-bond acceptors (Lipinski definition) is 5. The van der Waals surface area contributed by atoms with Crippen molar-refractivity contribution in [3.8, 4) is 16.9 Å². The van der Waals surface area contributed by atoms with Crippen molar-refractivity contribution in [2.45, 2.75) is 39.0 Å². The van der Waals surface area contributed by atoms with Gasteiger partial charge in [0.1, 0.15) is 5.75 Å². The average molecular weight is 464 g/mol. The summed E-state index contributed by atoms with van der Waals surface area (Å²) >= 11 is 0. The van der Waals surface area contributed by atoms with Gasteiger partial charge >= 0.3 is 6.61 Å². The predicted octanol–water partition coefficient (Wildman–Crippen LogP) is 3.80. The van der Waals surface area contributed by atoms with Crippen molar-refractivity contribution in [1.29, 1.82) is 0 Å². The smallest absolute Gasteiger partial charge is 0.387 e. The van der Waals surface area contributed by atoms with E-state index in [4.69, 9.17) is 0 Å². The van der Waals surface area contributed by atoms with Gasteiger partial charge in [-0.2, -0.15) is 8.78 Å². The molecule has 10 heteroatoms. The molecule has 1 aliphatic rings. The van der Waals surface area contributed by atoms with Gasteiger partial charge < -0.3 is 14.6 Å². The highest BCUT2D eigenvalue weighted by molar-refractivity contribution is 7.93. The Labute approximate surface area is 184 Å². The molecule has 3 aromatic rings. The third-order valence-corrected chi connectivity index (χ3v) is 7.50. The minimum Gasteiger partial charge on any atom is -0.435 e. The topological polar surface area (TPSA) is 90.3 Å². The summed E-state index contributed by atoms with van der Waals surface area (Å²) in [5.74, 6) is -0.541. The van der Waals surface area contributed by atoms with Gasteiger partial charge in [0.2, 0.25) is 0 Å². The highest BCUT2D eigenvalue weighted by Gasteiger charge is 2.45. The van der Waals surface area contributed by atoms with Crippen LogP contribution in [-0.2, 0) is 9.84 Å². The number of ether oxygens (including phenoxy) is 1. The number of carbonyl (C=O) groups excluding carboxylic acids is 1. The first-order chi connectivity index (χ1) is 15.0. The number of halogens is 2. The van der Waals surface area contributed by atoms with Gasteiger partial charge in [0, 0.05) is 24.0 Å². The van der Waals surface area contributed by atoms with Crippen molar-refractivity contribution in [3.05, 3.63) is 48.3 Å². The van der Waals surface area contributed by atoms with Gasteiger partial charge in [-0.1, -0.05) is 12.1 Å². The Morgan fingerprint density at radius 2 is 1.97 bits per heavy atom. The lowest BCUT2D eigenvalue weighted by Gasteiger charge is -2.38. The van der Waals surface area contributed by atoms with Gasteiger partial charge in [-0.15, -0.1) is 0 Å². The fraction of sp³-hybridized carbons (Fsp3) is 0.364. The number of aromatic nitrogens is 2. The van der Waals surface area contributed by atoms with Crippen molar-refractivity contribution in [2.75, 3.05) is 11.5 Å². The van der Waals surface area contributed by atoms with Gasteiger partial charge in [0.25, 0.3) is 5.91 Å². The molecule has 4 rings (SSSR count). The molecule has 1 aromatic carbocycles. The van der Waals surface area contributed by atoms with Crippen LogP contribution in [0.25, 0.3) is 22.2 Å². The minimum absolute atomic E-state index is 0.0427. The summed E-state index contributed by atoms with van der Waals surface area (Å²) in [4.78, 5) is 17.3. The Balaban J connectivity index is 1.71. The number of pyridine rings is 1. The number of benzene rings is 1. The van der Waals surface area contributed by atoms with Crippen molar-refractivity contribution in [1.82, 2.24) is 14.9 Å². The van der Waals surface area contributed by atoms with Crippen molar-refractivity contribution < 1.29 is 26.7 Å². The molecule has 0 bridgehead atoms. The second-order valence-electron chi connectivity index (χ2n) is 8.59. The van der Waals surface area contributed by atoms with Gasteiger partial charge in [0.05, 0.1) is 33.6 Å². The third-order valence-electron chi connectivity index (χ3n) is 5.35. The van der Waals surface area contributed by atoms with Gasteiger partial charge in [-0.25, -0.2) is 8.42 Å². The van der Waals surface area contributed by atoms with E-state index in [0.29, 0.717) is 22.2 Å². The monoisotopic (exact) mass is 463 g/mol. The van der Waals surface area contributed by atoms with Gasteiger partial charge in [0.15, 0.2) is 9.84 Å². The zero-order valence-electron chi connectivity index (χ0n) is 17.8. The Morgan fingerprint density at radius 3 is 2.59 bits per heavy atom. The average Bonchev–Trinajstić information content (AvgIpc) is 3.05. The van der Waals surface area contributed by atoms with E-state index in [-0.39, 0.29) is 23.3 Å². The Kier molecular flexibility index (Phi) is 5.44. The molecule has 0 aliphatic carbocycles. The molecular formula is C22H23F2N3O4S. The highest BCUT2D eigenvalue weighted by atomic mass is 32.2. The first-order valence-electron chi connectivity index (χ1n) is 10.1. The quantitative estimate of drug-likeness (QED) is 0.601. The lowest BCUT2D eigenvalue weighted by Crippen LogP contribution is -2.63. The van der Waals surface area contributed by atoms with Crippen molar-refractivity contribution >= 4 is 26.8 Å². The highest BCUT2D eigenvalue weighted by Crippen LogP contribution is 2.34. The Hall–Kier alpha value is -3.01. The van der Waals surface area contributed by atoms with Crippen LogP contribution in [-0.4, -0.2) is 47.5 Å². The number of alkyl halides is 2. The molecule has 0 radical (unpaired) electrons. The normalized spacial score (nSPS) is 16.8. The number of sulfone groups is 1. The second-order valence-corrected chi connectivity index (χ2v) is 10.7. The van der Waals surface area contributed by atoms with E-state index in [9.17, 15) is 22.0 Å². The molecule has 1 fully saturated rings. The van der Waals surface area contributed by atoms with E-state index >= 15 is 0 Å². The fourth-order valence-electron chi connectivity index (χ4n) is 4.08. The Morgan fingerprint density at radius 1 is 1.25 bits per heavy atom. The van der Waals surface area contributed by atoms with Crippen LogP contribution in [0.3, 0.4) is 0 Å². The number of carbonyl (C=O) groups is 1. The Bertz CT molecular complexity index is 1290. The molecule has 170 valence electrons. The largest absolute Gasteiger partial charge is 0.435 e. The summed E-state index contributed by atoms with van der Waals surface area (Å²) in [6, 6.07) is 8.12. The van der Waals surface area contributed by atoms with E-state index in [1.807, 2.05) is 24.6 Å². The molecule has 7 nitrogen and oxygen atoms in total. The van der Waals surface area contributed by atoms with Crippen LogP contribution in [0.1, 0.15) is 37.2 Å². The lowest BCUT2D eigenvalue weighted by atomic mass is 10.1. The van der Waals surface area contributed by atoms with Crippen LogP contribution in [0.15, 0.2) is 42.7 Å². The molecule has 1 amide bonds. The zero-order valence-corrected chi connectivity index (χ0v) is 18.6. The predicted molar refractivity (Wildman–Crippen MR) is 117 cm³/mol. The maximum Gasteiger partial charge on any atom is 0.387 e. The SMILES string of the molecule is CC(C)n1cc(-c2cccc(OC(F)F)c2)c2ncc(C(=O)NC3(C)CS(=O)(=O)C3)cc21. The van der Waals surface area contributed by atoms with Crippen LogP contribution >= 0.6 is 0 Å². The maximum atomic E-state index is 12.8. The molecule has 1 N–H and O–H groups in total. The van der Waals surface area contributed by atoms with Gasteiger partial charge in [-0.3, -0.25) is 9.78 Å². The van der Waals surface area contributed by atoms with Crippen molar-refractivity contribution in [2.24, 2.45) is 0 Å².